The van der Waals surface area contributed by atoms with Crippen LogP contribution in [-0.4, -0.2) is 10.8 Å². The van der Waals surface area contributed by atoms with Crippen molar-refractivity contribution >= 4 is 5.78 Å². The average Bonchev–Trinajstić information content (AvgIpc) is 2.15. The van der Waals surface area contributed by atoms with Gasteiger partial charge in [-0.25, -0.2) is 4.39 Å². The molecule has 1 aromatic rings. The van der Waals surface area contributed by atoms with E-state index in [-0.39, 0.29) is 17.9 Å². The fourth-order valence-electron chi connectivity index (χ4n) is 0.855. The normalized spacial score (nSPS) is 9.23. The van der Waals surface area contributed by atoms with Gasteiger partial charge in [-0.1, -0.05) is 0 Å². The smallest absolute Gasteiger partial charge is 0.182 e. The number of terminal acetylenes is 1. The number of halogens is 1. The molecule has 0 N–H and O–H groups in total. The van der Waals surface area contributed by atoms with Gasteiger partial charge in [-0.15, -0.1) is 12.3 Å². The molecule has 0 bridgehead atoms. The average molecular weight is 177 g/mol. The van der Waals surface area contributed by atoms with Crippen LogP contribution in [0.15, 0.2) is 18.3 Å². The van der Waals surface area contributed by atoms with E-state index in [1.54, 1.807) is 0 Å². The second kappa shape index (κ2) is 4.36. The molecule has 0 unspecified atom stereocenters. The Labute approximate surface area is 75.8 Å². The zero-order valence-corrected chi connectivity index (χ0v) is 6.96. The number of ketones is 1. The van der Waals surface area contributed by atoms with E-state index in [0.717, 1.165) is 6.20 Å². The Hall–Kier alpha value is -1.69. The zero-order chi connectivity index (χ0) is 9.68. The molecule has 3 heteroatoms. The van der Waals surface area contributed by atoms with Crippen LogP contribution in [0, 0.1) is 18.2 Å². The monoisotopic (exact) mass is 177 g/mol. The Balaban J connectivity index is 2.68. The Bertz CT molecular complexity index is 337. The number of pyridine rings is 1. The maximum atomic E-state index is 12.4. The Morgan fingerprint density at radius 1 is 1.62 bits per heavy atom. The predicted molar refractivity (Wildman–Crippen MR) is 46.6 cm³/mol. The molecule has 0 atom stereocenters. The maximum Gasteiger partial charge on any atom is 0.182 e. The van der Waals surface area contributed by atoms with E-state index in [2.05, 4.69) is 10.9 Å². The molecule has 0 fully saturated rings. The standard InChI is InChI=1S/C10H8FNO/c1-2-3-4-10(13)9-6-5-8(11)7-12-9/h1,5-7H,3-4H2. The molecule has 0 radical (unpaired) electrons. The van der Waals surface area contributed by atoms with Crippen molar-refractivity contribution in [2.24, 2.45) is 0 Å². The number of Topliss-reactive ketones (excluding diaryl/α,β-unsaturated/α-hetero) is 1. The van der Waals surface area contributed by atoms with Gasteiger partial charge < -0.3 is 0 Å². The van der Waals surface area contributed by atoms with Gasteiger partial charge in [0.05, 0.1) is 6.20 Å². The fraction of sp³-hybridized carbons (Fsp3) is 0.200. The maximum absolute atomic E-state index is 12.4. The minimum atomic E-state index is -0.450. The van der Waals surface area contributed by atoms with Crippen LogP contribution < -0.4 is 0 Å². The molecule has 13 heavy (non-hydrogen) atoms. The van der Waals surface area contributed by atoms with Gasteiger partial charge in [0.1, 0.15) is 11.5 Å². The first-order valence-electron chi connectivity index (χ1n) is 3.82. The molecule has 0 amide bonds. The van der Waals surface area contributed by atoms with Crippen LogP contribution in [-0.2, 0) is 0 Å². The third-order valence-electron chi connectivity index (χ3n) is 1.51. The minimum Gasteiger partial charge on any atom is -0.292 e. The summed E-state index contributed by atoms with van der Waals surface area (Å²) in [5.74, 6) is 1.75. The van der Waals surface area contributed by atoms with Gasteiger partial charge in [-0.3, -0.25) is 9.78 Å². The summed E-state index contributed by atoms with van der Waals surface area (Å²) in [6, 6.07) is 2.56. The summed E-state index contributed by atoms with van der Waals surface area (Å²) in [6.07, 6.45) is 6.66. The second-order valence-electron chi connectivity index (χ2n) is 2.49. The lowest BCUT2D eigenvalue weighted by molar-refractivity contribution is 0.0979. The second-order valence-corrected chi connectivity index (χ2v) is 2.49. The fourth-order valence-corrected chi connectivity index (χ4v) is 0.855. The van der Waals surface area contributed by atoms with Crippen molar-refractivity contribution in [2.45, 2.75) is 12.8 Å². The van der Waals surface area contributed by atoms with Crippen LogP contribution in [0.4, 0.5) is 4.39 Å². The van der Waals surface area contributed by atoms with Crippen molar-refractivity contribution in [1.82, 2.24) is 4.98 Å². The van der Waals surface area contributed by atoms with E-state index < -0.39 is 5.82 Å². The highest BCUT2D eigenvalue weighted by Crippen LogP contribution is 2.02. The molecule has 1 heterocycles. The first kappa shape index (κ1) is 9.40. The predicted octanol–water partition coefficient (Wildman–Crippen LogP) is 1.82. The molecule has 0 saturated heterocycles. The highest BCUT2D eigenvalue weighted by molar-refractivity contribution is 5.94. The molecule has 1 rings (SSSR count). The molecular formula is C10H8FNO. The summed E-state index contributed by atoms with van der Waals surface area (Å²) in [6.45, 7) is 0. The van der Waals surface area contributed by atoms with Crippen molar-refractivity contribution in [2.75, 3.05) is 0 Å². The highest BCUT2D eigenvalue weighted by atomic mass is 19.1. The van der Waals surface area contributed by atoms with Crippen molar-refractivity contribution in [3.05, 3.63) is 29.8 Å². The van der Waals surface area contributed by atoms with Crippen LogP contribution in [0.25, 0.3) is 0 Å². The van der Waals surface area contributed by atoms with E-state index in [9.17, 15) is 9.18 Å². The van der Waals surface area contributed by atoms with E-state index in [1.165, 1.54) is 12.1 Å². The van der Waals surface area contributed by atoms with Gasteiger partial charge in [-0.05, 0) is 12.1 Å². The molecule has 0 aliphatic heterocycles. The number of aromatic nitrogens is 1. The number of rotatable bonds is 3. The summed E-state index contributed by atoms with van der Waals surface area (Å²) in [5.41, 5.74) is 0.261. The highest BCUT2D eigenvalue weighted by Gasteiger charge is 2.05. The van der Waals surface area contributed by atoms with Crippen LogP contribution >= 0.6 is 0 Å². The van der Waals surface area contributed by atoms with Crippen LogP contribution in [0.5, 0.6) is 0 Å². The van der Waals surface area contributed by atoms with Crippen molar-refractivity contribution < 1.29 is 9.18 Å². The number of carbonyl (C=O) groups excluding carboxylic acids is 1. The van der Waals surface area contributed by atoms with Gasteiger partial charge in [-0.2, -0.15) is 0 Å². The lowest BCUT2D eigenvalue weighted by Gasteiger charge is -1.96. The summed E-state index contributed by atoms with van der Waals surface area (Å²) < 4.78 is 12.4. The topological polar surface area (TPSA) is 30.0 Å². The molecule has 1 aromatic heterocycles. The quantitative estimate of drug-likeness (QED) is 0.520. The number of carbonyl (C=O) groups is 1. The molecule has 2 nitrogen and oxygen atoms in total. The van der Waals surface area contributed by atoms with Gasteiger partial charge >= 0.3 is 0 Å². The van der Waals surface area contributed by atoms with E-state index in [4.69, 9.17) is 6.42 Å². The number of nitrogens with zero attached hydrogens (tertiary/aromatic N) is 1. The zero-order valence-electron chi connectivity index (χ0n) is 6.96. The Kier molecular flexibility index (Phi) is 3.15. The molecule has 66 valence electrons. The molecule has 0 saturated carbocycles. The number of hydrogen-bond acceptors (Lipinski definition) is 2. The van der Waals surface area contributed by atoms with Gasteiger partial charge in [0.2, 0.25) is 0 Å². The van der Waals surface area contributed by atoms with Crippen molar-refractivity contribution in [1.29, 1.82) is 0 Å². The summed E-state index contributed by atoms with van der Waals surface area (Å²) in [7, 11) is 0. The van der Waals surface area contributed by atoms with Crippen molar-refractivity contribution in [3.63, 3.8) is 0 Å². The lowest BCUT2D eigenvalue weighted by atomic mass is 10.1. The van der Waals surface area contributed by atoms with E-state index in [1.807, 2.05) is 0 Å². The summed E-state index contributed by atoms with van der Waals surface area (Å²) >= 11 is 0. The van der Waals surface area contributed by atoms with Crippen LogP contribution in [0.1, 0.15) is 23.3 Å². The van der Waals surface area contributed by atoms with Gasteiger partial charge in [0.15, 0.2) is 5.78 Å². The van der Waals surface area contributed by atoms with Gasteiger partial charge in [0, 0.05) is 12.8 Å². The van der Waals surface area contributed by atoms with E-state index in [0.29, 0.717) is 6.42 Å². The third kappa shape index (κ3) is 2.68. The third-order valence-corrected chi connectivity index (χ3v) is 1.51. The largest absolute Gasteiger partial charge is 0.292 e. The van der Waals surface area contributed by atoms with Crippen molar-refractivity contribution in [3.8, 4) is 12.3 Å². The van der Waals surface area contributed by atoms with Gasteiger partial charge in [0.25, 0.3) is 0 Å². The molecular weight excluding hydrogens is 169 g/mol. The minimum absolute atomic E-state index is 0.155. The SMILES string of the molecule is C#CCCC(=O)c1ccc(F)cn1. The molecule has 0 aliphatic rings. The van der Waals surface area contributed by atoms with Crippen LogP contribution in [0.2, 0.25) is 0 Å². The summed E-state index contributed by atoms with van der Waals surface area (Å²) in [5, 5.41) is 0. The molecule has 0 aliphatic carbocycles. The van der Waals surface area contributed by atoms with E-state index >= 15 is 0 Å². The Morgan fingerprint density at radius 2 is 2.38 bits per heavy atom. The first-order valence-corrected chi connectivity index (χ1v) is 3.82. The lowest BCUT2D eigenvalue weighted by Crippen LogP contribution is -2.01. The number of hydrogen-bond donors (Lipinski definition) is 0. The summed E-state index contributed by atoms with van der Waals surface area (Å²) in [4.78, 5) is 14.9. The molecule has 0 spiro atoms. The van der Waals surface area contributed by atoms with Crippen LogP contribution in [0.3, 0.4) is 0 Å². The Morgan fingerprint density at radius 3 is 2.92 bits per heavy atom. The molecule has 0 aromatic carbocycles. The first-order chi connectivity index (χ1) is 6.24.